The van der Waals surface area contributed by atoms with Crippen molar-refractivity contribution in [2.75, 3.05) is 30.4 Å². The number of amides is 1. The van der Waals surface area contributed by atoms with Gasteiger partial charge in [0.1, 0.15) is 5.69 Å². The molecule has 7 heteroatoms. The molecule has 0 bridgehead atoms. The molecule has 6 nitrogen and oxygen atoms in total. The summed E-state index contributed by atoms with van der Waals surface area (Å²) in [7, 11) is -1.12. The molecule has 1 aromatic heterocycles. The van der Waals surface area contributed by atoms with E-state index >= 15 is 0 Å². The maximum absolute atomic E-state index is 11.8. The molecule has 0 aromatic carbocycles. The molecule has 1 aromatic rings. The van der Waals surface area contributed by atoms with Gasteiger partial charge in [-0.2, -0.15) is 0 Å². The molecule has 1 amide bonds. The predicted molar refractivity (Wildman–Crippen MR) is 72.9 cm³/mol. The topological polar surface area (TPSA) is 88.2 Å². The second-order valence-electron chi connectivity index (χ2n) is 4.66. The van der Waals surface area contributed by atoms with Crippen LogP contribution in [0.15, 0.2) is 18.3 Å². The molecule has 1 fully saturated rings. The van der Waals surface area contributed by atoms with E-state index in [1.54, 1.807) is 25.4 Å². The lowest BCUT2D eigenvalue weighted by atomic mass is 10.1. The van der Waals surface area contributed by atoms with E-state index in [4.69, 9.17) is 0 Å². The highest BCUT2D eigenvalue weighted by Gasteiger charge is 2.28. The van der Waals surface area contributed by atoms with Crippen LogP contribution in [0.25, 0.3) is 0 Å². The second-order valence-corrected chi connectivity index (χ2v) is 6.89. The molecule has 1 saturated heterocycles. The van der Waals surface area contributed by atoms with Crippen LogP contribution in [0.5, 0.6) is 0 Å². The third-order valence-electron chi connectivity index (χ3n) is 3.16. The zero-order chi connectivity index (χ0) is 13.9. The van der Waals surface area contributed by atoms with Gasteiger partial charge in [0.05, 0.1) is 23.4 Å². The van der Waals surface area contributed by atoms with Crippen molar-refractivity contribution in [3.8, 4) is 0 Å². The minimum absolute atomic E-state index is 0.0190. The lowest BCUT2D eigenvalue weighted by Gasteiger charge is -2.09. The van der Waals surface area contributed by atoms with Gasteiger partial charge in [-0.15, -0.1) is 0 Å². The van der Waals surface area contributed by atoms with Crippen LogP contribution in [0.1, 0.15) is 16.9 Å². The van der Waals surface area contributed by atoms with Crippen LogP contribution in [-0.2, 0) is 9.84 Å². The summed E-state index contributed by atoms with van der Waals surface area (Å²) in [5.41, 5.74) is 1.17. The van der Waals surface area contributed by atoms with Gasteiger partial charge in [-0.05, 0) is 24.5 Å². The molecule has 0 aliphatic carbocycles. The fourth-order valence-corrected chi connectivity index (χ4v) is 3.90. The van der Waals surface area contributed by atoms with Crippen molar-refractivity contribution < 1.29 is 13.2 Å². The lowest BCUT2D eigenvalue weighted by molar-refractivity contribution is 0.0943. The SMILES string of the molecule is CNc1ccc(C(=O)NCC2CCS(=O)(=O)C2)nc1. The largest absolute Gasteiger partial charge is 0.387 e. The number of pyridine rings is 1. The first-order valence-electron chi connectivity index (χ1n) is 6.12. The minimum Gasteiger partial charge on any atom is -0.387 e. The summed E-state index contributed by atoms with van der Waals surface area (Å²) in [4.78, 5) is 15.8. The van der Waals surface area contributed by atoms with Crippen LogP contribution in [-0.4, -0.2) is 44.4 Å². The second kappa shape index (κ2) is 5.56. The molecular formula is C12H17N3O3S. The Kier molecular flexibility index (Phi) is 4.04. The Morgan fingerprint density at radius 1 is 1.47 bits per heavy atom. The zero-order valence-electron chi connectivity index (χ0n) is 10.7. The molecule has 1 unspecified atom stereocenters. The smallest absolute Gasteiger partial charge is 0.269 e. The Bertz CT molecular complexity index is 554. The van der Waals surface area contributed by atoms with Gasteiger partial charge in [0.15, 0.2) is 9.84 Å². The van der Waals surface area contributed by atoms with Gasteiger partial charge in [0.2, 0.25) is 0 Å². The Balaban J connectivity index is 1.87. The van der Waals surface area contributed by atoms with Crippen molar-refractivity contribution in [1.82, 2.24) is 10.3 Å². The van der Waals surface area contributed by atoms with Crippen molar-refractivity contribution >= 4 is 21.4 Å². The Labute approximate surface area is 112 Å². The molecule has 0 saturated carbocycles. The van der Waals surface area contributed by atoms with Gasteiger partial charge in [-0.3, -0.25) is 4.79 Å². The number of hydrogen-bond donors (Lipinski definition) is 2. The van der Waals surface area contributed by atoms with E-state index in [9.17, 15) is 13.2 Å². The number of carbonyl (C=O) groups excluding carboxylic acids is 1. The van der Waals surface area contributed by atoms with Crippen LogP contribution in [0, 0.1) is 5.92 Å². The molecule has 2 N–H and O–H groups in total. The van der Waals surface area contributed by atoms with Crippen molar-refractivity contribution in [2.45, 2.75) is 6.42 Å². The Morgan fingerprint density at radius 2 is 2.26 bits per heavy atom. The number of rotatable bonds is 4. The van der Waals surface area contributed by atoms with Crippen LogP contribution < -0.4 is 10.6 Å². The van der Waals surface area contributed by atoms with E-state index in [0.717, 1.165) is 5.69 Å². The van der Waals surface area contributed by atoms with Crippen molar-refractivity contribution in [3.63, 3.8) is 0 Å². The number of sulfone groups is 1. The normalized spacial score (nSPS) is 21.0. The molecule has 2 heterocycles. The molecule has 2 rings (SSSR count). The number of carbonyl (C=O) groups is 1. The average molecular weight is 283 g/mol. The van der Waals surface area contributed by atoms with E-state index in [1.165, 1.54) is 0 Å². The fourth-order valence-electron chi connectivity index (χ4n) is 2.04. The fraction of sp³-hybridized carbons (Fsp3) is 0.500. The molecule has 0 radical (unpaired) electrons. The summed E-state index contributed by atoms with van der Waals surface area (Å²) in [5.74, 6) is 0.139. The first-order chi connectivity index (χ1) is 9.00. The first-order valence-corrected chi connectivity index (χ1v) is 7.95. The van der Waals surface area contributed by atoms with Gasteiger partial charge in [0.25, 0.3) is 5.91 Å². The molecule has 1 atom stereocenters. The highest BCUT2D eigenvalue weighted by Crippen LogP contribution is 2.17. The summed E-state index contributed by atoms with van der Waals surface area (Å²) in [6.45, 7) is 0.382. The number of nitrogens with one attached hydrogen (secondary N) is 2. The maximum atomic E-state index is 11.8. The predicted octanol–water partition coefficient (Wildman–Crippen LogP) is 0.288. The molecule has 1 aliphatic heterocycles. The highest BCUT2D eigenvalue weighted by molar-refractivity contribution is 7.91. The molecule has 104 valence electrons. The van der Waals surface area contributed by atoms with E-state index in [0.29, 0.717) is 18.7 Å². The molecule has 0 spiro atoms. The Morgan fingerprint density at radius 3 is 2.79 bits per heavy atom. The number of nitrogens with zero attached hydrogens (tertiary/aromatic N) is 1. The van der Waals surface area contributed by atoms with Crippen LogP contribution in [0.4, 0.5) is 5.69 Å². The van der Waals surface area contributed by atoms with E-state index in [2.05, 4.69) is 15.6 Å². The van der Waals surface area contributed by atoms with Gasteiger partial charge >= 0.3 is 0 Å². The summed E-state index contributed by atoms with van der Waals surface area (Å²) in [5, 5.41) is 5.65. The third-order valence-corrected chi connectivity index (χ3v) is 5.00. The number of aromatic nitrogens is 1. The third kappa shape index (κ3) is 3.66. The maximum Gasteiger partial charge on any atom is 0.269 e. The van der Waals surface area contributed by atoms with Crippen molar-refractivity contribution in [2.24, 2.45) is 5.92 Å². The van der Waals surface area contributed by atoms with E-state index in [1.807, 2.05) is 0 Å². The molecular weight excluding hydrogens is 266 g/mol. The summed E-state index contributed by atoms with van der Waals surface area (Å²) >= 11 is 0. The van der Waals surface area contributed by atoms with Gasteiger partial charge in [-0.25, -0.2) is 13.4 Å². The standard InChI is InChI=1S/C12H17N3O3S/c1-13-10-2-3-11(14-7-10)12(16)15-6-9-4-5-19(17,18)8-9/h2-3,7,9,13H,4-6,8H2,1H3,(H,15,16). The molecule has 1 aliphatic rings. The van der Waals surface area contributed by atoms with E-state index in [-0.39, 0.29) is 23.3 Å². The van der Waals surface area contributed by atoms with Gasteiger partial charge < -0.3 is 10.6 Å². The van der Waals surface area contributed by atoms with Crippen LogP contribution >= 0.6 is 0 Å². The van der Waals surface area contributed by atoms with Gasteiger partial charge in [0, 0.05) is 13.6 Å². The van der Waals surface area contributed by atoms with Crippen molar-refractivity contribution in [1.29, 1.82) is 0 Å². The summed E-state index contributed by atoms with van der Waals surface area (Å²) in [6, 6.07) is 3.40. The lowest BCUT2D eigenvalue weighted by Crippen LogP contribution is -2.30. The quantitative estimate of drug-likeness (QED) is 0.829. The average Bonchev–Trinajstić information content (AvgIpc) is 2.76. The summed E-state index contributed by atoms with van der Waals surface area (Å²) < 4.78 is 22.6. The monoisotopic (exact) mass is 283 g/mol. The minimum atomic E-state index is -2.89. The van der Waals surface area contributed by atoms with Crippen molar-refractivity contribution in [3.05, 3.63) is 24.0 Å². The van der Waals surface area contributed by atoms with Crippen LogP contribution in [0.2, 0.25) is 0 Å². The highest BCUT2D eigenvalue weighted by atomic mass is 32.2. The van der Waals surface area contributed by atoms with E-state index < -0.39 is 9.84 Å². The summed E-state index contributed by atoms with van der Waals surface area (Å²) in [6.07, 6.45) is 2.20. The number of anilines is 1. The van der Waals surface area contributed by atoms with Crippen LogP contribution in [0.3, 0.4) is 0 Å². The van der Waals surface area contributed by atoms with Gasteiger partial charge in [-0.1, -0.05) is 0 Å². The first kappa shape index (κ1) is 13.8. The Hall–Kier alpha value is -1.63. The molecule has 19 heavy (non-hydrogen) atoms. The zero-order valence-corrected chi connectivity index (χ0v) is 11.5. The number of hydrogen-bond acceptors (Lipinski definition) is 5.